The molecule has 0 saturated carbocycles. The van der Waals surface area contributed by atoms with Crippen LogP contribution in [0.1, 0.15) is 12.0 Å². The average Bonchev–Trinajstić information content (AvgIpc) is 2.07. The lowest BCUT2D eigenvalue weighted by molar-refractivity contribution is 0.915. The molecule has 0 spiro atoms. The molecule has 12 heavy (non-hydrogen) atoms. The van der Waals surface area contributed by atoms with Crippen LogP contribution in [0, 0.1) is 0 Å². The maximum absolute atomic E-state index is 2.38. The van der Waals surface area contributed by atoms with Crippen LogP contribution in [0.2, 0.25) is 9.60 Å². The van der Waals surface area contributed by atoms with Crippen molar-refractivity contribution in [2.45, 2.75) is 22.4 Å². The fraction of sp³-hybridized carbons (Fsp3) is 0.400. The smallest absolute Gasteiger partial charge is 0.157 e. The van der Waals surface area contributed by atoms with E-state index in [4.69, 9.17) is 0 Å². The first kappa shape index (κ1) is 12.3. The first-order valence-electron chi connectivity index (χ1n) is 4.47. The number of aryl methyl sites for hydroxylation is 1. The van der Waals surface area contributed by atoms with Crippen molar-refractivity contribution in [3.8, 4) is 0 Å². The zero-order valence-corrected chi connectivity index (χ0v) is 9.85. The van der Waals surface area contributed by atoms with Crippen LogP contribution in [-0.4, -0.2) is 20.4 Å². The van der Waals surface area contributed by atoms with E-state index in [9.17, 15) is 0 Å². The minimum Gasteiger partial charge on any atom is -0.157 e. The quantitative estimate of drug-likeness (QED) is 0.511. The summed E-state index contributed by atoms with van der Waals surface area (Å²) < 4.78 is 1.49. The highest BCUT2D eigenvalue weighted by atomic mass is 35.5. The molecule has 0 amide bonds. The Morgan fingerprint density at radius 3 is 2.42 bits per heavy atom. The predicted molar refractivity (Wildman–Crippen MR) is 58.4 cm³/mol. The van der Waals surface area contributed by atoms with E-state index in [0.29, 0.717) is 20.4 Å². The molecule has 0 radical (unpaired) electrons. The molecule has 0 saturated heterocycles. The van der Waals surface area contributed by atoms with Gasteiger partial charge in [-0.15, -0.1) is 17.0 Å². The van der Waals surface area contributed by atoms with Gasteiger partial charge in [0, 0.05) is 0 Å². The summed E-state index contributed by atoms with van der Waals surface area (Å²) in [6, 6.07) is 10.8. The molecule has 0 bridgehead atoms. The molecule has 1 aromatic carbocycles. The fourth-order valence-corrected chi connectivity index (χ4v) is 1.97. The normalized spacial score (nSPS) is 8.42. The Morgan fingerprint density at radius 2 is 1.83 bits per heavy atom. The van der Waals surface area contributed by atoms with Gasteiger partial charge in [-0.25, -0.2) is 0 Å². The molecule has 0 atom stereocenters. The van der Waals surface area contributed by atoms with Crippen LogP contribution >= 0.6 is 12.4 Å². The number of hydrogen-bond donors (Lipinski definition) is 0. The molecule has 0 fully saturated rings. The summed E-state index contributed by atoms with van der Waals surface area (Å²) in [4.78, 5) is 0. The number of benzene rings is 1. The Bertz CT molecular complexity index is 186. The van der Waals surface area contributed by atoms with Gasteiger partial charge in [-0.2, -0.15) is 5.05 Å². The van der Waals surface area contributed by atoms with Gasteiger partial charge in [-0.3, -0.25) is 0 Å². The molecule has 0 unspecified atom stereocenters. The van der Waals surface area contributed by atoms with Gasteiger partial charge < -0.3 is 0 Å². The lowest BCUT2D eigenvalue weighted by atomic mass is 10.1. The van der Waals surface area contributed by atoms with Crippen molar-refractivity contribution in [3.63, 3.8) is 0 Å². The lowest BCUT2D eigenvalue weighted by Gasteiger charge is -1.97. The fourth-order valence-electron chi connectivity index (χ4n) is 1.22. The van der Waals surface area contributed by atoms with Gasteiger partial charge in [0.05, 0.1) is 0 Å². The third kappa shape index (κ3) is 5.02. The molecule has 1 aromatic rings. The van der Waals surface area contributed by atoms with E-state index < -0.39 is 0 Å². The van der Waals surface area contributed by atoms with Gasteiger partial charge in [0.25, 0.3) is 0 Å². The van der Waals surface area contributed by atoms with Crippen molar-refractivity contribution in [3.05, 3.63) is 35.9 Å². The molecular weight excluding hydrogens is 180 g/mol. The summed E-state index contributed by atoms with van der Waals surface area (Å²) in [5.74, 6) is 0. The zero-order chi connectivity index (χ0) is 7.94. The molecule has 0 nitrogen and oxygen atoms in total. The Kier molecular flexibility index (Phi) is 8.08. The van der Waals surface area contributed by atoms with Crippen molar-refractivity contribution >= 4 is 32.8 Å². The van der Waals surface area contributed by atoms with Crippen LogP contribution in [0.3, 0.4) is 0 Å². The average molecular weight is 195 g/mol. The SMILES string of the molecule is Cl.[CH3][Mg][CH2]CCc1ccccc1. The van der Waals surface area contributed by atoms with Crippen molar-refractivity contribution < 1.29 is 0 Å². The van der Waals surface area contributed by atoms with Crippen LogP contribution in [0.4, 0.5) is 0 Å². The predicted octanol–water partition coefficient (Wildman–Crippen LogP) is 3.21. The third-order valence-corrected chi connectivity index (χ3v) is 3.12. The minimum absolute atomic E-state index is 0. The van der Waals surface area contributed by atoms with Crippen molar-refractivity contribution in [2.75, 3.05) is 0 Å². The summed E-state index contributed by atoms with van der Waals surface area (Å²) in [6.45, 7) is 0. The van der Waals surface area contributed by atoms with Crippen LogP contribution in [0.5, 0.6) is 0 Å². The molecule has 0 heterocycles. The van der Waals surface area contributed by atoms with E-state index in [-0.39, 0.29) is 12.4 Å². The highest BCUT2D eigenvalue weighted by Gasteiger charge is 1.90. The van der Waals surface area contributed by atoms with Gasteiger partial charge in [0.1, 0.15) is 0 Å². The molecule has 64 valence electrons. The maximum Gasteiger partial charge on any atom is 0.360 e. The van der Waals surface area contributed by atoms with Gasteiger partial charge in [-0.1, -0.05) is 36.8 Å². The molecule has 0 aliphatic heterocycles. The molecule has 0 aliphatic rings. The summed E-state index contributed by atoms with van der Waals surface area (Å²) in [5.41, 5.74) is 1.50. The molecule has 0 aromatic heterocycles. The summed E-state index contributed by atoms with van der Waals surface area (Å²) in [5, 5.41) is 2.38. The summed E-state index contributed by atoms with van der Waals surface area (Å²) >= 11 is 0.298. The van der Waals surface area contributed by atoms with Gasteiger partial charge in [0.2, 0.25) is 0 Å². The molecule has 1 rings (SSSR count). The van der Waals surface area contributed by atoms with Gasteiger partial charge in [-0.05, 0) is 12.0 Å². The van der Waals surface area contributed by atoms with Crippen molar-refractivity contribution in [2.24, 2.45) is 0 Å². The largest absolute Gasteiger partial charge is 0.360 e. The minimum atomic E-state index is 0. The van der Waals surface area contributed by atoms with Gasteiger partial charge in [0.15, 0.2) is 0 Å². The van der Waals surface area contributed by atoms with Crippen molar-refractivity contribution in [1.82, 2.24) is 0 Å². The van der Waals surface area contributed by atoms with Gasteiger partial charge >= 0.3 is 20.4 Å². The Balaban J connectivity index is 0.00000121. The summed E-state index contributed by atoms with van der Waals surface area (Å²) in [7, 11) is 0. The number of hydrogen-bond acceptors (Lipinski definition) is 0. The first-order chi connectivity index (χ1) is 5.43. The maximum atomic E-state index is 2.38. The van der Waals surface area contributed by atoms with Crippen LogP contribution < -0.4 is 0 Å². The van der Waals surface area contributed by atoms with E-state index in [1.54, 1.807) is 0 Å². The van der Waals surface area contributed by atoms with Crippen LogP contribution in [-0.2, 0) is 6.42 Å². The second kappa shape index (κ2) is 7.90. The lowest BCUT2D eigenvalue weighted by Crippen LogP contribution is -1.86. The molecule has 0 aliphatic carbocycles. The first-order valence-corrected chi connectivity index (χ1v) is 6.89. The molecule has 0 N–H and O–H groups in total. The zero-order valence-electron chi connectivity index (χ0n) is 7.62. The van der Waals surface area contributed by atoms with E-state index in [1.807, 2.05) is 0 Å². The Hall–Kier alpha value is 0.276. The molecule has 2 heteroatoms. The highest BCUT2D eigenvalue weighted by molar-refractivity contribution is 6.33. The van der Waals surface area contributed by atoms with E-state index in [0.717, 1.165) is 0 Å². The Morgan fingerprint density at radius 1 is 1.17 bits per heavy atom. The highest BCUT2D eigenvalue weighted by Crippen LogP contribution is 2.03. The van der Waals surface area contributed by atoms with E-state index in [1.165, 1.54) is 23.0 Å². The van der Waals surface area contributed by atoms with Crippen LogP contribution in [0.25, 0.3) is 0 Å². The number of halogens is 1. The van der Waals surface area contributed by atoms with E-state index in [2.05, 4.69) is 35.4 Å². The summed E-state index contributed by atoms with van der Waals surface area (Å²) in [6.07, 6.45) is 2.68. The van der Waals surface area contributed by atoms with E-state index >= 15 is 0 Å². The monoisotopic (exact) mass is 194 g/mol. The second-order valence-electron chi connectivity index (χ2n) is 2.94. The third-order valence-electron chi connectivity index (χ3n) is 1.91. The second-order valence-corrected chi connectivity index (χ2v) is 4.65. The van der Waals surface area contributed by atoms with Crippen molar-refractivity contribution in [1.29, 1.82) is 0 Å². The van der Waals surface area contributed by atoms with Crippen LogP contribution in [0.15, 0.2) is 30.3 Å². The number of rotatable bonds is 4. The Labute approximate surface area is 90.9 Å². The topological polar surface area (TPSA) is 0 Å². The molecular formula is C10H15ClMg. The standard InChI is InChI=1S/C9H11.CH3.ClH.Mg/c1-2-6-9-7-4-3-5-8-9;;;/h3-5,7-8H,1-2,6H2;1H3;1H;.